The molecule has 1 aliphatic carbocycles. The summed E-state index contributed by atoms with van der Waals surface area (Å²) in [5.74, 6) is 0.154. The van der Waals surface area contributed by atoms with Gasteiger partial charge in [0, 0.05) is 55.4 Å². The van der Waals surface area contributed by atoms with Crippen LogP contribution >= 0.6 is 24.0 Å². The lowest BCUT2D eigenvalue weighted by molar-refractivity contribution is -0.141. The van der Waals surface area contributed by atoms with Crippen molar-refractivity contribution >= 4 is 30.0 Å². The highest BCUT2D eigenvalue weighted by Crippen LogP contribution is 2.41. The van der Waals surface area contributed by atoms with Gasteiger partial charge in [-0.25, -0.2) is 9.97 Å². The van der Waals surface area contributed by atoms with Crippen LogP contribution in [0.4, 0.5) is 19.1 Å². The molecule has 0 spiro atoms. The van der Waals surface area contributed by atoms with Crippen molar-refractivity contribution in [2.24, 2.45) is 5.73 Å². The van der Waals surface area contributed by atoms with E-state index in [0.717, 1.165) is 49.9 Å². The third-order valence-electron chi connectivity index (χ3n) is 6.79. The maximum absolute atomic E-state index is 12.9. The lowest BCUT2D eigenvalue weighted by atomic mass is 9.68. The van der Waals surface area contributed by atoms with Crippen molar-refractivity contribution < 1.29 is 13.2 Å². The summed E-state index contributed by atoms with van der Waals surface area (Å²) in [6.07, 6.45) is 0.825. The summed E-state index contributed by atoms with van der Waals surface area (Å²) in [4.78, 5) is 12.1. The number of hydrogen-bond donors (Lipinski definition) is 1. The van der Waals surface area contributed by atoms with E-state index in [2.05, 4.69) is 20.9 Å². The van der Waals surface area contributed by atoms with E-state index < -0.39 is 11.9 Å². The summed E-state index contributed by atoms with van der Waals surface area (Å²) in [5, 5.41) is 0.736. The van der Waals surface area contributed by atoms with Crippen molar-refractivity contribution in [2.45, 2.75) is 43.3 Å². The van der Waals surface area contributed by atoms with E-state index in [1.807, 2.05) is 23.1 Å². The Morgan fingerprint density at radius 2 is 1.78 bits per heavy atom. The average molecular weight is 490 g/mol. The molecular weight excluding hydrogens is 462 g/mol. The van der Waals surface area contributed by atoms with Gasteiger partial charge < -0.3 is 10.6 Å². The fourth-order valence-corrected chi connectivity index (χ4v) is 5.09. The highest BCUT2D eigenvalue weighted by molar-refractivity contribution is 6.30. The molecule has 1 saturated carbocycles. The molecule has 2 N–H and O–H groups in total. The van der Waals surface area contributed by atoms with Gasteiger partial charge in [0.2, 0.25) is 5.95 Å². The minimum absolute atomic E-state index is 0. The largest absolute Gasteiger partial charge is 0.433 e. The lowest BCUT2D eigenvalue weighted by Gasteiger charge is -2.46. The molecule has 1 saturated heterocycles. The van der Waals surface area contributed by atoms with E-state index in [9.17, 15) is 13.2 Å². The Balaban J connectivity index is 0.00000289. The highest BCUT2D eigenvalue weighted by Gasteiger charge is 2.38. The molecule has 32 heavy (non-hydrogen) atoms. The van der Waals surface area contributed by atoms with E-state index in [0.29, 0.717) is 25.7 Å². The van der Waals surface area contributed by atoms with E-state index in [1.54, 1.807) is 0 Å². The molecule has 0 unspecified atom stereocenters. The van der Waals surface area contributed by atoms with Crippen LogP contribution in [0, 0.1) is 0 Å². The monoisotopic (exact) mass is 489 g/mol. The molecule has 5 nitrogen and oxygen atoms in total. The molecule has 0 atom stereocenters. The molecule has 0 amide bonds. The Bertz CT molecular complexity index is 895. The van der Waals surface area contributed by atoms with Crippen LogP contribution in [0.1, 0.15) is 36.9 Å². The normalized spacial score (nSPS) is 24.8. The molecule has 1 aromatic heterocycles. The first-order valence-corrected chi connectivity index (χ1v) is 11.0. The molecule has 4 rings (SSSR count). The Morgan fingerprint density at radius 3 is 2.38 bits per heavy atom. The number of hydrogen-bond acceptors (Lipinski definition) is 5. The molecule has 10 heteroatoms. The first-order chi connectivity index (χ1) is 14.8. The fourth-order valence-electron chi connectivity index (χ4n) is 4.90. The van der Waals surface area contributed by atoms with Crippen LogP contribution < -0.4 is 10.6 Å². The summed E-state index contributed by atoms with van der Waals surface area (Å²) in [6.45, 7) is 3.41. The molecule has 176 valence electrons. The topological polar surface area (TPSA) is 58.3 Å². The van der Waals surface area contributed by atoms with Crippen molar-refractivity contribution in [3.8, 4) is 0 Å². The van der Waals surface area contributed by atoms with Gasteiger partial charge >= 0.3 is 6.18 Å². The zero-order valence-electron chi connectivity index (χ0n) is 17.7. The minimum Gasteiger partial charge on any atom is -0.338 e. The van der Waals surface area contributed by atoms with Crippen LogP contribution in [0.2, 0.25) is 5.02 Å². The molecular formula is C22H28Cl2F3N5. The summed E-state index contributed by atoms with van der Waals surface area (Å²) in [6, 6.07) is 9.38. The smallest absolute Gasteiger partial charge is 0.338 e. The van der Waals surface area contributed by atoms with Crippen LogP contribution in [0.15, 0.2) is 36.5 Å². The van der Waals surface area contributed by atoms with Crippen LogP contribution in [0.3, 0.4) is 0 Å². The molecule has 2 fully saturated rings. The van der Waals surface area contributed by atoms with Gasteiger partial charge in [0.05, 0.1) is 0 Å². The fraction of sp³-hybridized carbons (Fsp3) is 0.545. The van der Waals surface area contributed by atoms with Crippen molar-refractivity contribution in [3.05, 3.63) is 52.8 Å². The third-order valence-corrected chi connectivity index (χ3v) is 7.02. The predicted octanol–water partition coefficient (Wildman–Crippen LogP) is 4.53. The Labute approximate surface area is 197 Å². The lowest BCUT2D eigenvalue weighted by Crippen LogP contribution is -2.53. The van der Waals surface area contributed by atoms with Crippen molar-refractivity contribution in [3.63, 3.8) is 0 Å². The van der Waals surface area contributed by atoms with E-state index in [1.165, 1.54) is 11.8 Å². The number of piperazine rings is 1. The van der Waals surface area contributed by atoms with Crippen LogP contribution in [0.25, 0.3) is 0 Å². The third kappa shape index (κ3) is 5.30. The second kappa shape index (κ2) is 10.1. The van der Waals surface area contributed by atoms with Gasteiger partial charge in [-0.1, -0.05) is 23.7 Å². The number of aromatic nitrogens is 2. The van der Waals surface area contributed by atoms with Gasteiger partial charge in [0.25, 0.3) is 0 Å². The molecule has 2 aliphatic rings. The van der Waals surface area contributed by atoms with Crippen molar-refractivity contribution in [1.29, 1.82) is 0 Å². The van der Waals surface area contributed by atoms with E-state index in [-0.39, 0.29) is 23.8 Å². The zero-order chi connectivity index (χ0) is 22.1. The van der Waals surface area contributed by atoms with Crippen molar-refractivity contribution in [1.82, 2.24) is 14.9 Å². The number of rotatable bonds is 4. The second-order valence-corrected chi connectivity index (χ2v) is 8.93. The molecule has 0 radical (unpaired) electrons. The predicted molar refractivity (Wildman–Crippen MR) is 123 cm³/mol. The second-order valence-electron chi connectivity index (χ2n) is 8.49. The maximum atomic E-state index is 12.9. The number of nitrogens with two attached hydrogens (primary N) is 1. The average Bonchev–Trinajstić information content (AvgIpc) is 2.79. The first-order valence-electron chi connectivity index (χ1n) is 10.7. The van der Waals surface area contributed by atoms with Crippen LogP contribution in [-0.2, 0) is 11.6 Å². The van der Waals surface area contributed by atoms with Crippen LogP contribution in [-0.4, -0.2) is 53.6 Å². The maximum Gasteiger partial charge on any atom is 0.433 e. The number of halogens is 5. The summed E-state index contributed by atoms with van der Waals surface area (Å²) >= 11 is 6.21. The van der Waals surface area contributed by atoms with Crippen LogP contribution in [0.5, 0.6) is 0 Å². The molecule has 0 bridgehead atoms. The first kappa shape index (κ1) is 25.0. The van der Waals surface area contributed by atoms with E-state index >= 15 is 0 Å². The molecule has 2 heterocycles. The quantitative estimate of drug-likeness (QED) is 0.683. The highest BCUT2D eigenvalue weighted by atomic mass is 35.5. The summed E-state index contributed by atoms with van der Waals surface area (Å²) < 4.78 is 38.8. The Kier molecular flexibility index (Phi) is 7.91. The molecule has 1 aliphatic heterocycles. The zero-order valence-corrected chi connectivity index (χ0v) is 19.3. The summed E-state index contributed by atoms with van der Waals surface area (Å²) in [5.41, 5.74) is 6.50. The number of anilines is 1. The Hall–Kier alpha value is -1.61. The molecule has 1 aromatic carbocycles. The minimum atomic E-state index is -4.46. The van der Waals surface area contributed by atoms with Gasteiger partial charge in [-0.2, -0.15) is 13.2 Å². The molecule has 2 aromatic rings. The standard InChI is InChI=1S/C22H27ClF3N5.ClH/c23-17-3-1-2-16(14-17)21(15-27)7-4-18(5-8-21)30-10-12-31(13-11-30)20-28-9-6-19(29-20)22(24,25)26;/h1-3,6,9,14,18H,4-5,7-8,10-13,15,27H2;1H. The van der Waals surface area contributed by atoms with Gasteiger partial charge in [0.15, 0.2) is 0 Å². The van der Waals surface area contributed by atoms with Gasteiger partial charge in [-0.15, -0.1) is 12.4 Å². The number of alkyl halides is 3. The van der Waals surface area contributed by atoms with Gasteiger partial charge in [0.1, 0.15) is 5.69 Å². The number of benzene rings is 1. The summed E-state index contributed by atoms with van der Waals surface area (Å²) in [7, 11) is 0. The Morgan fingerprint density at radius 1 is 1.09 bits per heavy atom. The van der Waals surface area contributed by atoms with E-state index in [4.69, 9.17) is 17.3 Å². The van der Waals surface area contributed by atoms with Crippen molar-refractivity contribution in [2.75, 3.05) is 37.6 Å². The van der Waals surface area contributed by atoms with Gasteiger partial charge in [-0.3, -0.25) is 4.90 Å². The SMILES string of the molecule is Cl.NCC1(c2cccc(Cl)c2)CCC(N2CCN(c3nccc(C(F)(F)F)n3)CC2)CC1. The number of nitrogens with zero attached hydrogens (tertiary/aromatic N) is 4. The van der Waals surface area contributed by atoms with Gasteiger partial charge in [-0.05, 0) is 49.4 Å².